The van der Waals surface area contributed by atoms with Gasteiger partial charge in [-0.15, -0.1) is 0 Å². The molecule has 1 saturated heterocycles. The minimum Gasteiger partial charge on any atom is -0.342 e. The van der Waals surface area contributed by atoms with Crippen molar-refractivity contribution in [3.63, 3.8) is 0 Å². The molecule has 4 aromatic rings. The smallest absolute Gasteiger partial charge is 0.263 e. The number of hydrogen-bond donors (Lipinski definition) is 3. The van der Waals surface area contributed by atoms with Crippen molar-refractivity contribution in [2.75, 3.05) is 18.0 Å². The monoisotopic (exact) mass is 453 g/mol. The quantitative estimate of drug-likeness (QED) is 0.439. The van der Waals surface area contributed by atoms with Crippen LogP contribution in [-0.2, 0) is 11.8 Å². The van der Waals surface area contributed by atoms with Crippen LogP contribution in [0.25, 0.3) is 11.0 Å². The molecular weight excluding hydrogens is 426 g/mol. The Hall–Kier alpha value is -3.52. The molecule has 4 heterocycles. The Morgan fingerprint density at radius 3 is 2.56 bits per heavy atom. The molecule has 0 unspecified atom stereocenters. The Labute approximate surface area is 196 Å². The number of pyridine rings is 1. The largest absolute Gasteiger partial charge is 0.342 e. The number of anilines is 1. The molecule has 7 rings (SSSR count). The predicted octanol–water partition coefficient (Wildman–Crippen LogP) is 2.96. The number of H-pyrrole nitrogens is 2. The van der Waals surface area contributed by atoms with Crippen LogP contribution in [0, 0.1) is 5.41 Å². The van der Waals surface area contributed by atoms with Gasteiger partial charge in [0.25, 0.3) is 5.56 Å². The highest BCUT2D eigenvalue weighted by molar-refractivity contribution is 5.80. The van der Waals surface area contributed by atoms with Crippen molar-refractivity contribution in [2.24, 2.45) is 11.1 Å². The van der Waals surface area contributed by atoms with E-state index in [1.165, 1.54) is 11.1 Å². The van der Waals surface area contributed by atoms with Crippen LogP contribution in [0.5, 0.6) is 0 Å². The van der Waals surface area contributed by atoms with Crippen molar-refractivity contribution in [3.05, 3.63) is 81.5 Å². The number of rotatable bonds is 3. The lowest BCUT2D eigenvalue weighted by molar-refractivity contribution is 0.187. The summed E-state index contributed by atoms with van der Waals surface area (Å²) in [7, 11) is 0. The first-order valence-electron chi connectivity index (χ1n) is 12.1. The Morgan fingerprint density at radius 2 is 1.82 bits per heavy atom. The van der Waals surface area contributed by atoms with Crippen LogP contribution in [0.1, 0.15) is 54.2 Å². The van der Waals surface area contributed by atoms with Crippen LogP contribution in [0.15, 0.2) is 53.5 Å². The molecule has 4 N–H and O–H groups in total. The first kappa shape index (κ1) is 19.9. The fraction of sp³-hybridized carbons (Fsp3) is 0.385. The second-order valence-corrected chi connectivity index (χ2v) is 10.2. The molecule has 3 aliphatic rings. The van der Waals surface area contributed by atoms with Crippen LogP contribution in [0.4, 0.5) is 5.95 Å². The average Bonchev–Trinajstić information content (AvgIpc) is 3.49. The second kappa shape index (κ2) is 6.99. The van der Waals surface area contributed by atoms with E-state index < -0.39 is 0 Å². The molecule has 0 radical (unpaired) electrons. The van der Waals surface area contributed by atoms with Crippen molar-refractivity contribution < 1.29 is 0 Å². The molecule has 1 spiro atoms. The van der Waals surface area contributed by atoms with Gasteiger partial charge in [0.2, 0.25) is 5.95 Å². The maximum absolute atomic E-state index is 13.3. The standard InChI is InChI=1S/C26H27N7O/c27-20-17-6-2-1-5-16(17)15-25(20)10-13-33(14-11-25)24-29-22-19(23(34)30-24)21(31-32-22)26(8-9-26)18-7-3-4-12-28-18/h1-7,12,20H,8-11,13-15,27H2,(H2,29,30,31,32,34)/t20-/m1/s1. The van der Waals surface area contributed by atoms with E-state index in [4.69, 9.17) is 10.7 Å². The van der Waals surface area contributed by atoms with E-state index in [1.807, 2.05) is 18.2 Å². The van der Waals surface area contributed by atoms with Gasteiger partial charge in [0.1, 0.15) is 5.39 Å². The summed E-state index contributed by atoms with van der Waals surface area (Å²) in [4.78, 5) is 27.8. The van der Waals surface area contributed by atoms with Crippen molar-refractivity contribution in [1.82, 2.24) is 25.1 Å². The highest BCUT2D eigenvalue weighted by Gasteiger charge is 2.51. The molecule has 1 aliphatic heterocycles. The normalized spacial score (nSPS) is 22.3. The van der Waals surface area contributed by atoms with E-state index in [9.17, 15) is 4.79 Å². The summed E-state index contributed by atoms with van der Waals surface area (Å²) < 4.78 is 0. The van der Waals surface area contributed by atoms with E-state index in [-0.39, 0.29) is 22.4 Å². The van der Waals surface area contributed by atoms with Crippen LogP contribution < -0.4 is 16.2 Å². The summed E-state index contributed by atoms with van der Waals surface area (Å²) >= 11 is 0. The molecular formula is C26H27N7O. The Kier molecular flexibility index (Phi) is 4.09. The number of benzene rings is 1. The highest BCUT2D eigenvalue weighted by atomic mass is 16.1. The number of hydrogen-bond acceptors (Lipinski definition) is 6. The molecule has 2 aliphatic carbocycles. The minimum atomic E-state index is -0.291. The second-order valence-electron chi connectivity index (χ2n) is 10.2. The summed E-state index contributed by atoms with van der Waals surface area (Å²) in [5.41, 5.74) is 11.3. The van der Waals surface area contributed by atoms with Gasteiger partial charge >= 0.3 is 0 Å². The van der Waals surface area contributed by atoms with Crippen LogP contribution in [-0.4, -0.2) is 38.2 Å². The molecule has 2 fully saturated rings. The van der Waals surface area contributed by atoms with E-state index in [2.05, 4.69) is 49.3 Å². The number of nitrogens with zero attached hydrogens (tertiary/aromatic N) is 4. The zero-order valence-electron chi connectivity index (χ0n) is 18.9. The van der Waals surface area contributed by atoms with Crippen LogP contribution in [0.3, 0.4) is 0 Å². The lowest BCUT2D eigenvalue weighted by Crippen LogP contribution is -2.45. The van der Waals surface area contributed by atoms with Gasteiger partial charge < -0.3 is 10.6 Å². The first-order valence-corrected chi connectivity index (χ1v) is 12.1. The van der Waals surface area contributed by atoms with Crippen LogP contribution >= 0.6 is 0 Å². The molecule has 3 aromatic heterocycles. The molecule has 1 atom stereocenters. The summed E-state index contributed by atoms with van der Waals surface area (Å²) in [5.74, 6) is 0.606. The van der Waals surface area contributed by atoms with Gasteiger partial charge in [-0.3, -0.25) is 19.9 Å². The predicted molar refractivity (Wildman–Crippen MR) is 130 cm³/mol. The lowest BCUT2D eigenvalue weighted by atomic mass is 9.73. The molecule has 0 bridgehead atoms. The SMILES string of the molecule is N[C@@H]1c2ccccc2CC12CCN(c1nc3[nH]nc(C4(c5ccccn5)CC4)c3c(=O)[nH]1)CC2. The van der Waals surface area contributed by atoms with E-state index in [0.29, 0.717) is 17.0 Å². The Balaban J connectivity index is 1.17. The number of fused-ring (bicyclic) bond motifs is 2. The maximum atomic E-state index is 13.3. The zero-order chi connectivity index (χ0) is 22.9. The van der Waals surface area contributed by atoms with Crippen molar-refractivity contribution in [3.8, 4) is 0 Å². The van der Waals surface area contributed by atoms with Gasteiger partial charge in [0.05, 0.1) is 16.8 Å². The maximum Gasteiger partial charge on any atom is 0.263 e. The highest BCUT2D eigenvalue weighted by Crippen LogP contribution is 2.53. The van der Waals surface area contributed by atoms with Gasteiger partial charge in [-0.2, -0.15) is 10.1 Å². The number of nitrogens with two attached hydrogens (primary N) is 1. The fourth-order valence-corrected chi connectivity index (χ4v) is 6.28. The molecule has 34 heavy (non-hydrogen) atoms. The van der Waals surface area contributed by atoms with Crippen molar-refractivity contribution in [2.45, 2.75) is 43.6 Å². The van der Waals surface area contributed by atoms with E-state index in [1.54, 1.807) is 6.20 Å². The fourth-order valence-electron chi connectivity index (χ4n) is 6.28. The number of aromatic nitrogens is 5. The summed E-state index contributed by atoms with van der Waals surface area (Å²) in [6.45, 7) is 1.63. The Bertz CT molecular complexity index is 1450. The van der Waals surface area contributed by atoms with Gasteiger partial charge in [-0.25, -0.2) is 0 Å². The Morgan fingerprint density at radius 1 is 1.03 bits per heavy atom. The number of piperidine rings is 1. The zero-order valence-corrected chi connectivity index (χ0v) is 18.9. The number of nitrogens with one attached hydrogen (secondary N) is 2. The molecule has 8 nitrogen and oxygen atoms in total. The minimum absolute atomic E-state index is 0.0665. The van der Waals surface area contributed by atoms with Gasteiger partial charge in [-0.1, -0.05) is 30.3 Å². The lowest BCUT2D eigenvalue weighted by Gasteiger charge is -2.42. The van der Waals surface area contributed by atoms with Crippen molar-refractivity contribution >= 4 is 17.0 Å². The van der Waals surface area contributed by atoms with Gasteiger partial charge in [-0.05, 0) is 60.8 Å². The third-order valence-electron chi connectivity index (χ3n) is 8.43. The van der Waals surface area contributed by atoms with Crippen LogP contribution in [0.2, 0.25) is 0 Å². The van der Waals surface area contributed by atoms with E-state index in [0.717, 1.165) is 56.6 Å². The number of aromatic amines is 2. The molecule has 0 amide bonds. The van der Waals surface area contributed by atoms with Crippen molar-refractivity contribution in [1.29, 1.82) is 0 Å². The third-order valence-corrected chi connectivity index (χ3v) is 8.43. The molecule has 1 saturated carbocycles. The van der Waals surface area contributed by atoms with Gasteiger partial charge in [0.15, 0.2) is 5.65 Å². The third kappa shape index (κ3) is 2.75. The average molecular weight is 454 g/mol. The topological polar surface area (TPSA) is 117 Å². The first-order chi connectivity index (χ1) is 16.6. The molecule has 1 aromatic carbocycles. The molecule has 8 heteroatoms. The summed E-state index contributed by atoms with van der Waals surface area (Å²) in [6, 6.07) is 14.5. The molecule has 172 valence electrons. The van der Waals surface area contributed by atoms with E-state index >= 15 is 0 Å². The summed E-state index contributed by atoms with van der Waals surface area (Å²) in [5, 5.41) is 8.15. The summed E-state index contributed by atoms with van der Waals surface area (Å²) in [6.07, 6.45) is 6.64. The van der Waals surface area contributed by atoms with Gasteiger partial charge in [0, 0.05) is 25.3 Å².